The third-order valence-corrected chi connectivity index (χ3v) is 2.52. The number of hydrogen-bond acceptors (Lipinski definition) is 7. The summed E-state index contributed by atoms with van der Waals surface area (Å²) in [5.74, 6) is 0. The number of carbonyl (C=O) groups is 1. The highest BCUT2D eigenvalue weighted by Crippen LogP contribution is 2.21. The van der Waals surface area contributed by atoms with Gasteiger partial charge in [0.05, 0.1) is 13.2 Å². The fourth-order valence-corrected chi connectivity index (χ4v) is 1.75. The highest BCUT2D eigenvalue weighted by molar-refractivity contribution is 5.68. The van der Waals surface area contributed by atoms with Gasteiger partial charge in [-0.05, 0) is 31.2 Å². The summed E-state index contributed by atoms with van der Waals surface area (Å²) < 4.78 is 10.7. The van der Waals surface area contributed by atoms with Crippen LogP contribution in [0.2, 0.25) is 0 Å². The van der Waals surface area contributed by atoms with Crippen LogP contribution in [0.3, 0.4) is 0 Å². The molecule has 100 valence electrons. The summed E-state index contributed by atoms with van der Waals surface area (Å²) in [5, 5.41) is 14.6. The highest BCUT2D eigenvalue weighted by Gasteiger charge is 2.37. The molecule has 0 saturated carbocycles. The van der Waals surface area contributed by atoms with Crippen molar-refractivity contribution < 1.29 is 14.3 Å². The number of hydrogen-bond donors (Lipinski definition) is 0. The van der Waals surface area contributed by atoms with Crippen LogP contribution in [0.5, 0.6) is 0 Å². The molecule has 0 unspecified atom stereocenters. The van der Waals surface area contributed by atoms with E-state index in [9.17, 15) is 4.79 Å². The van der Waals surface area contributed by atoms with Crippen molar-refractivity contribution in [2.24, 2.45) is 20.7 Å². The Morgan fingerprint density at radius 1 is 1.33 bits per heavy atom. The summed E-state index contributed by atoms with van der Waals surface area (Å²) in [5.41, 5.74) is -0.529. The molecule has 0 aromatic rings. The normalized spacial score (nSPS) is 24.6. The zero-order valence-electron chi connectivity index (χ0n) is 10.7. The first-order valence-corrected chi connectivity index (χ1v) is 5.85. The van der Waals surface area contributed by atoms with E-state index in [4.69, 9.17) is 9.47 Å². The van der Waals surface area contributed by atoms with Gasteiger partial charge < -0.3 is 9.47 Å². The van der Waals surface area contributed by atoms with Crippen LogP contribution in [0.1, 0.15) is 20.8 Å². The summed E-state index contributed by atoms with van der Waals surface area (Å²) in [6.07, 6.45) is -0.870. The molecule has 2 aliphatic heterocycles. The lowest BCUT2D eigenvalue weighted by molar-refractivity contribution is -0.0372. The second-order valence-electron chi connectivity index (χ2n) is 5.14. The van der Waals surface area contributed by atoms with Crippen LogP contribution in [0.15, 0.2) is 20.7 Å². The van der Waals surface area contributed by atoms with Crippen molar-refractivity contribution in [3.05, 3.63) is 0 Å². The topological polar surface area (TPSA) is 88.2 Å². The van der Waals surface area contributed by atoms with Gasteiger partial charge in [-0.15, -0.1) is 10.2 Å². The third-order valence-electron chi connectivity index (χ3n) is 2.52. The van der Waals surface area contributed by atoms with Crippen molar-refractivity contribution in [2.75, 3.05) is 19.8 Å². The minimum absolute atomic E-state index is 0.302. The second kappa shape index (κ2) is 4.97. The van der Waals surface area contributed by atoms with Gasteiger partial charge in [-0.25, -0.2) is 4.79 Å². The van der Waals surface area contributed by atoms with E-state index >= 15 is 0 Å². The molecule has 1 saturated heterocycles. The van der Waals surface area contributed by atoms with Crippen molar-refractivity contribution in [2.45, 2.75) is 38.6 Å². The molecular weight excluding hydrogens is 238 g/mol. The molecule has 2 rings (SSSR count). The van der Waals surface area contributed by atoms with E-state index in [0.717, 1.165) is 0 Å². The quantitative estimate of drug-likeness (QED) is 0.715. The Labute approximate surface area is 105 Å². The Bertz CT molecular complexity index is 364. The predicted molar refractivity (Wildman–Crippen MR) is 61.0 cm³/mol. The molecule has 1 fully saturated rings. The van der Waals surface area contributed by atoms with E-state index in [1.54, 1.807) is 4.90 Å². The lowest BCUT2D eigenvalue weighted by Gasteiger charge is -2.36. The molecule has 0 aliphatic carbocycles. The van der Waals surface area contributed by atoms with Crippen molar-refractivity contribution in [1.82, 2.24) is 4.90 Å². The van der Waals surface area contributed by atoms with Crippen LogP contribution in [-0.2, 0) is 9.47 Å². The Balaban J connectivity index is 2.05. The molecule has 0 aromatic carbocycles. The van der Waals surface area contributed by atoms with Gasteiger partial charge in [-0.3, -0.25) is 4.90 Å². The van der Waals surface area contributed by atoms with Gasteiger partial charge in [-0.2, -0.15) is 0 Å². The molecule has 2 heterocycles. The molecule has 0 aromatic heterocycles. The fourth-order valence-electron chi connectivity index (χ4n) is 1.75. The van der Waals surface area contributed by atoms with Crippen LogP contribution in [-0.4, -0.2) is 48.6 Å². The lowest BCUT2D eigenvalue weighted by Crippen LogP contribution is -2.54. The van der Waals surface area contributed by atoms with Crippen molar-refractivity contribution in [3.63, 3.8) is 0 Å². The number of carbonyl (C=O) groups excluding carboxylic acids is 1. The SMILES string of the molecule is CC(C)(C)OC(=O)N1CCOC[C@@H]1C1N=NN=N1. The van der Waals surface area contributed by atoms with E-state index in [2.05, 4.69) is 20.7 Å². The molecular formula is C10H17N5O3. The van der Waals surface area contributed by atoms with Gasteiger partial charge in [0.25, 0.3) is 0 Å². The maximum absolute atomic E-state index is 12.1. The smallest absolute Gasteiger partial charge is 0.410 e. The van der Waals surface area contributed by atoms with Crippen molar-refractivity contribution in [1.29, 1.82) is 0 Å². The molecule has 1 atom stereocenters. The first-order valence-electron chi connectivity index (χ1n) is 5.85. The van der Waals surface area contributed by atoms with Gasteiger partial charge in [0.2, 0.25) is 6.17 Å². The average molecular weight is 255 g/mol. The summed E-state index contributed by atoms with van der Waals surface area (Å²) in [7, 11) is 0. The minimum atomic E-state index is -0.529. The number of ether oxygens (including phenoxy) is 2. The summed E-state index contributed by atoms with van der Waals surface area (Å²) in [4.78, 5) is 13.7. The number of rotatable bonds is 1. The van der Waals surface area contributed by atoms with Crippen LogP contribution >= 0.6 is 0 Å². The average Bonchev–Trinajstić information content (AvgIpc) is 2.80. The first kappa shape index (κ1) is 12.9. The number of nitrogens with zero attached hydrogens (tertiary/aromatic N) is 5. The molecule has 8 heteroatoms. The molecule has 0 radical (unpaired) electrons. The monoisotopic (exact) mass is 255 g/mol. The van der Waals surface area contributed by atoms with Crippen molar-refractivity contribution in [3.8, 4) is 0 Å². The van der Waals surface area contributed by atoms with Crippen LogP contribution in [0.25, 0.3) is 0 Å². The number of morpholine rings is 1. The van der Waals surface area contributed by atoms with E-state index in [0.29, 0.717) is 19.8 Å². The maximum Gasteiger partial charge on any atom is 0.410 e. The second-order valence-corrected chi connectivity index (χ2v) is 5.14. The zero-order chi connectivity index (χ0) is 13.2. The Kier molecular flexibility index (Phi) is 3.55. The summed E-state index contributed by atoms with van der Waals surface area (Å²) in [6.45, 7) is 6.79. The van der Waals surface area contributed by atoms with Crippen molar-refractivity contribution >= 4 is 6.09 Å². The summed E-state index contributed by atoms with van der Waals surface area (Å²) in [6, 6.07) is -0.302. The van der Waals surface area contributed by atoms with Crippen LogP contribution in [0.4, 0.5) is 4.79 Å². The van der Waals surface area contributed by atoms with Gasteiger partial charge in [-0.1, -0.05) is 0 Å². The Morgan fingerprint density at radius 3 is 2.61 bits per heavy atom. The Morgan fingerprint density at radius 2 is 2.00 bits per heavy atom. The molecule has 8 nitrogen and oxygen atoms in total. The van der Waals surface area contributed by atoms with Gasteiger partial charge in [0, 0.05) is 6.54 Å². The van der Waals surface area contributed by atoms with E-state index in [-0.39, 0.29) is 12.1 Å². The lowest BCUT2D eigenvalue weighted by atomic mass is 10.2. The minimum Gasteiger partial charge on any atom is -0.444 e. The molecule has 0 spiro atoms. The predicted octanol–water partition coefficient (Wildman–Crippen LogP) is 1.78. The van der Waals surface area contributed by atoms with Gasteiger partial charge in [0.15, 0.2) is 0 Å². The number of amides is 1. The maximum atomic E-state index is 12.1. The largest absolute Gasteiger partial charge is 0.444 e. The van der Waals surface area contributed by atoms with E-state index in [1.165, 1.54) is 0 Å². The molecule has 0 bridgehead atoms. The Hall–Kier alpha value is -1.57. The van der Waals surface area contributed by atoms with Gasteiger partial charge >= 0.3 is 6.09 Å². The third kappa shape index (κ3) is 3.00. The van der Waals surface area contributed by atoms with E-state index in [1.807, 2.05) is 20.8 Å². The molecule has 1 amide bonds. The van der Waals surface area contributed by atoms with Gasteiger partial charge in [0.1, 0.15) is 11.6 Å². The molecule has 18 heavy (non-hydrogen) atoms. The van der Waals surface area contributed by atoms with Crippen LogP contribution in [0, 0.1) is 0 Å². The standard InChI is InChI=1S/C10H17N5O3/c1-10(2,3)18-9(16)15-4-5-17-6-7(15)8-11-13-14-12-8/h7-8H,4-6H2,1-3H3/t7-/m1/s1. The molecule has 2 aliphatic rings. The highest BCUT2D eigenvalue weighted by atomic mass is 16.6. The zero-order valence-corrected chi connectivity index (χ0v) is 10.7. The fraction of sp³-hybridized carbons (Fsp3) is 0.900. The van der Waals surface area contributed by atoms with Crippen LogP contribution < -0.4 is 0 Å². The summed E-state index contributed by atoms with van der Waals surface area (Å²) >= 11 is 0. The van der Waals surface area contributed by atoms with E-state index < -0.39 is 11.8 Å². The molecule has 0 N–H and O–H groups in total. The first-order chi connectivity index (χ1) is 8.47.